The normalized spacial score (nSPS) is 13.9. The van der Waals surface area contributed by atoms with E-state index in [4.69, 9.17) is 11.6 Å². The van der Waals surface area contributed by atoms with Crippen molar-refractivity contribution in [1.82, 2.24) is 19.7 Å². The third kappa shape index (κ3) is 5.53. The summed E-state index contributed by atoms with van der Waals surface area (Å²) >= 11 is 7.93. The molecule has 0 saturated heterocycles. The SMILES string of the molecule is CN(Cc1ccc(N(C)C)cc1)C(=O)CSc1nnc(-c2ccccc2Cl)n1C1CCCC1. The summed E-state index contributed by atoms with van der Waals surface area (Å²) in [5.74, 6) is 1.17. The molecule has 3 aromatic rings. The van der Waals surface area contributed by atoms with E-state index in [0.29, 0.717) is 23.4 Å². The lowest BCUT2D eigenvalue weighted by Crippen LogP contribution is -2.28. The first-order chi connectivity index (χ1) is 15.9. The quantitative estimate of drug-likeness (QED) is 0.394. The highest BCUT2D eigenvalue weighted by Crippen LogP contribution is 2.38. The zero-order valence-corrected chi connectivity index (χ0v) is 20.9. The number of thioether (sulfide) groups is 1. The Morgan fingerprint density at radius 1 is 1.06 bits per heavy atom. The lowest BCUT2D eigenvalue weighted by atomic mass is 10.2. The van der Waals surface area contributed by atoms with Crippen LogP contribution in [0, 0.1) is 0 Å². The van der Waals surface area contributed by atoms with Crippen LogP contribution >= 0.6 is 23.4 Å². The number of nitrogens with zero attached hydrogens (tertiary/aromatic N) is 5. The maximum absolute atomic E-state index is 12.9. The van der Waals surface area contributed by atoms with E-state index < -0.39 is 0 Å². The van der Waals surface area contributed by atoms with Crippen LogP contribution < -0.4 is 4.90 Å². The van der Waals surface area contributed by atoms with Crippen LogP contribution in [0.5, 0.6) is 0 Å². The Balaban J connectivity index is 1.46. The van der Waals surface area contributed by atoms with Crippen molar-refractivity contribution < 1.29 is 4.79 Å². The standard InChI is InChI=1S/C25H30ClN5OS/c1-29(2)19-14-12-18(13-15-19)16-30(3)23(32)17-33-25-28-27-24(21-10-6-7-11-22(21)26)31(25)20-8-4-5-9-20/h6-7,10-15,20H,4-5,8-9,16-17H2,1-3H3. The summed E-state index contributed by atoms with van der Waals surface area (Å²) in [6.45, 7) is 0.577. The fraction of sp³-hybridized carbons (Fsp3) is 0.400. The molecule has 0 N–H and O–H groups in total. The number of hydrogen-bond donors (Lipinski definition) is 0. The Labute approximate surface area is 204 Å². The Bertz CT molecular complexity index is 1090. The summed E-state index contributed by atoms with van der Waals surface area (Å²) < 4.78 is 2.20. The summed E-state index contributed by atoms with van der Waals surface area (Å²) in [5.41, 5.74) is 3.13. The molecule has 33 heavy (non-hydrogen) atoms. The Hall–Kier alpha value is -2.51. The van der Waals surface area contributed by atoms with Crippen molar-refractivity contribution >= 4 is 35.0 Å². The maximum Gasteiger partial charge on any atom is 0.233 e. The molecule has 1 saturated carbocycles. The zero-order valence-electron chi connectivity index (χ0n) is 19.4. The number of amides is 1. The van der Waals surface area contributed by atoms with Crippen molar-refractivity contribution in [3.63, 3.8) is 0 Å². The molecule has 1 fully saturated rings. The van der Waals surface area contributed by atoms with Crippen LogP contribution in [0.1, 0.15) is 37.3 Å². The molecule has 8 heteroatoms. The molecular weight excluding hydrogens is 454 g/mol. The molecule has 0 aliphatic heterocycles. The predicted molar refractivity (Wildman–Crippen MR) is 136 cm³/mol. The van der Waals surface area contributed by atoms with Gasteiger partial charge in [0.05, 0.1) is 10.8 Å². The lowest BCUT2D eigenvalue weighted by molar-refractivity contribution is -0.127. The molecule has 2 aromatic carbocycles. The fourth-order valence-electron chi connectivity index (χ4n) is 4.19. The van der Waals surface area contributed by atoms with E-state index in [1.165, 1.54) is 24.6 Å². The van der Waals surface area contributed by atoms with Gasteiger partial charge in [-0.05, 0) is 42.7 Å². The molecule has 174 valence electrons. The highest BCUT2D eigenvalue weighted by Gasteiger charge is 2.26. The largest absolute Gasteiger partial charge is 0.378 e. The highest BCUT2D eigenvalue weighted by atomic mass is 35.5. The van der Waals surface area contributed by atoms with Gasteiger partial charge in [-0.2, -0.15) is 0 Å². The first-order valence-electron chi connectivity index (χ1n) is 11.3. The molecule has 0 unspecified atom stereocenters. The van der Waals surface area contributed by atoms with Gasteiger partial charge in [0.15, 0.2) is 11.0 Å². The number of carbonyl (C=O) groups is 1. The number of benzene rings is 2. The zero-order chi connectivity index (χ0) is 23.4. The summed E-state index contributed by atoms with van der Waals surface area (Å²) in [5, 5.41) is 10.4. The van der Waals surface area contributed by atoms with E-state index in [9.17, 15) is 4.79 Å². The van der Waals surface area contributed by atoms with Crippen molar-refractivity contribution in [2.24, 2.45) is 0 Å². The van der Waals surface area contributed by atoms with Crippen LogP contribution in [0.2, 0.25) is 5.02 Å². The first-order valence-corrected chi connectivity index (χ1v) is 12.6. The highest BCUT2D eigenvalue weighted by molar-refractivity contribution is 7.99. The average molecular weight is 484 g/mol. The van der Waals surface area contributed by atoms with Crippen molar-refractivity contribution in [1.29, 1.82) is 0 Å². The Morgan fingerprint density at radius 3 is 2.42 bits per heavy atom. The topological polar surface area (TPSA) is 54.3 Å². The molecule has 1 aliphatic rings. The van der Waals surface area contributed by atoms with Gasteiger partial charge in [-0.1, -0.05) is 60.5 Å². The van der Waals surface area contributed by atoms with Gasteiger partial charge in [0.1, 0.15) is 0 Å². The van der Waals surface area contributed by atoms with Crippen LogP contribution in [0.3, 0.4) is 0 Å². The predicted octanol–water partition coefficient (Wildman–Crippen LogP) is 5.53. The van der Waals surface area contributed by atoms with Gasteiger partial charge >= 0.3 is 0 Å². The van der Waals surface area contributed by atoms with Crippen molar-refractivity contribution in [3.05, 3.63) is 59.1 Å². The van der Waals surface area contributed by atoms with E-state index in [2.05, 4.69) is 43.9 Å². The van der Waals surface area contributed by atoms with E-state index in [1.807, 2.05) is 45.4 Å². The van der Waals surface area contributed by atoms with Gasteiger partial charge in [-0.3, -0.25) is 9.36 Å². The monoisotopic (exact) mass is 483 g/mol. The van der Waals surface area contributed by atoms with Crippen LogP contribution in [-0.4, -0.2) is 52.5 Å². The Kier molecular flexibility index (Phi) is 7.60. The van der Waals surface area contributed by atoms with Crippen molar-refractivity contribution in [2.45, 2.75) is 43.4 Å². The van der Waals surface area contributed by atoms with Gasteiger partial charge in [-0.25, -0.2) is 0 Å². The van der Waals surface area contributed by atoms with E-state index in [0.717, 1.165) is 40.6 Å². The molecule has 0 spiro atoms. The third-order valence-electron chi connectivity index (χ3n) is 6.09. The maximum atomic E-state index is 12.9. The lowest BCUT2D eigenvalue weighted by Gasteiger charge is -2.19. The molecular formula is C25H30ClN5OS. The van der Waals surface area contributed by atoms with Gasteiger partial charge < -0.3 is 9.80 Å². The van der Waals surface area contributed by atoms with Crippen molar-refractivity contribution in [2.75, 3.05) is 31.8 Å². The summed E-state index contributed by atoms with van der Waals surface area (Å²) in [7, 11) is 5.88. The molecule has 1 heterocycles. The number of halogens is 1. The second-order valence-electron chi connectivity index (χ2n) is 8.69. The average Bonchev–Trinajstić information content (AvgIpc) is 3.48. The summed E-state index contributed by atoms with van der Waals surface area (Å²) in [6, 6.07) is 16.4. The molecule has 1 amide bonds. The molecule has 1 aliphatic carbocycles. The minimum Gasteiger partial charge on any atom is -0.378 e. The second kappa shape index (κ2) is 10.6. The minimum atomic E-state index is 0.0666. The number of rotatable bonds is 8. The summed E-state index contributed by atoms with van der Waals surface area (Å²) in [6.07, 6.45) is 4.59. The third-order valence-corrected chi connectivity index (χ3v) is 7.35. The molecule has 0 bridgehead atoms. The van der Waals surface area contributed by atoms with Gasteiger partial charge in [0.2, 0.25) is 5.91 Å². The van der Waals surface area contributed by atoms with Gasteiger partial charge in [0, 0.05) is 45.0 Å². The fourth-order valence-corrected chi connectivity index (χ4v) is 5.36. The molecule has 1 aromatic heterocycles. The van der Waals surface area contributed by atoms with E-state index in [1.54, 1.807) is 4.90 Å². The van der Waals surface area contributed by atoms with Crippen LogP contribution in [-0.2, 0) is 11.3 Å². The van der Waals surface area contributed by atoms with Crippen LogP contribution in [0.4, 0.5) is 5.69 Å². The number of aromatic nitrogens is 3. The molecule has 4 rings (SSSR count). The van der Waals surface area contributed by atoms with Crippen LogP contribution in [0.15, 0.2) is 53.7 Å². The minimum absolute atomic E-state index is 0.0666. The first kappa shape index (κ1) is 23.6. The van der Waals surface area contributed by atoms with E-state index >= 15 is 0 Å². The van der Waals surface area contributed by atoms with Gasteiger partial charge in [-0.15, -0.1) is 10.2 Å². The number of hydrogen-bond acceptors (Lipinski definition) is 5. The van der Waals surface area contributed by atoms with Crippen molar-refractivity contribution in [3.8, 4) is 11.4 Å². The molecule has 0 atom stereocenters. The second-order valence-corrected chi connectivity index (χ2v) is 10.0. The molecule has 6 nitrogen and oxygen atoms in total. The smallest absolute Gasteiger partial charge is 0.233 e. The Morgan fingerprint density at radius 2 is 1.76 bits per heavy atom. The van der Waals surface area contributed by atoms with Crippen LogP contribution in [0.25, 0.3) is 11.4 Å². The number of anilines is 1. The number of carbonyl (C=O) groups excluding carboxylic acids is 1. The summed E-state index contributed by atoms with van der Waals surface area (Å²) in [4.78, 5) is 16.7. The van der Waals surface area contributed by atoms with Gasteiger partial charge in [0.25, 0.3) is 0 Å². The van der Waals surface area contributed by atoms with E-state index in [-0.39, 0.29) is 5.91 Å². The molecule has 0 radical (unpaired) electrons.